The van der Waals surface area contributed by atoms with E-state index >= 15 is 0 Å². The monoisotopic (exact) mass is 257 g/mol. The van der Waals surface area contributed by atoms with E-state index in [9.17, 15) is 14.0 Å². The standard InChI is InChI=1S/C10H12FN3O2S/c1-6(15)13-14-10(16)5-17-9-3-2-7(11)4-8(9)12/h2-4H,5,12H2,1H3,(H,13,15)(H,14,16). The largest absolute Gasteiger partial charge is 0.398 e. The predicted molar refractivity (Wildman–Crippen MR) is 63.5 cm³/mol. The Balaban J connectivity index is 2.44. The van der Waals surface area contributed by atoms with Gasteiger partial charge in [-0.05, 0) is 18.2 Å². The average Bonchev–Trinajstić information content (AvgIpc) is 2.25. The number of amides is 2. The van der Waals surface area contributed by atoms with E-state index in [0.29, 0.717) is 4.90 Å². The topological polar surface area (TPSA) is 84.2 Å². The highest BCUT2D eigenvalue weighted by Gasteiger charge is 2.06. The molecular formula is C10H12FN3O2S. The van der Waals surface area contributed by atoms with Crippen molar-refractivity contribution in [1.29, 1.82) is 0 Å². The van der Waals surface area contributed by atoms with Crippen molar-refractivity contribution in [3.05, 3.63) is 24.0 Å². The van der Waals surface area contributed by atoms with E-state index in [0.717, 1.165) is 11.8 Å². The lowest BCUT2D eigenvalue weighted by atomic mass is 10.3. The number of hydrogen-bond donors (Lipinski definition) is 3. The van der Waals surface area contributed by atoms with Gasteiger partial charge in [0, 0.05) is 17.5 Å². The maximum absolute atomic E-state index is 12.7. The second-order valence-electron chi connectivity index (χ2n) is 3.20. The molecule has 0 bridgehead atoms. The van der Waals surface area contributed by atoms with Gasteiger partial charge in [0.15, 0.2) is 0 Å². The van der Waals surface area contributed by atoms with Gasteiger partial charge in [0.25, 0.3) is 0 Å². The molecule has 92 valence electrons. The van der Waals surface area contributed by atoms with Crippen LogP contribution in [0.5, 0.6) is 0 Å². The number of carbonyl (C=O) groups is 2. The molecule has 0 aliphatic heterocycles. The zero-order valence-electron chi connectivity index (χ0n) is 9.12. The van der Waals surface area contributed by atoms with Crippen LogP contribution in [-0.4, -0.2) is 17.6 Å². The van der Waals surface area contributed by atoms with Crippen LogP contribution in [0.1, 0.15) is 6.92 Å². The second kappa shape index (κ2) is 6.09. The molecule has 0 radical (unpaired) electrons. The molecule has 1 aromatic carbocycles. The number of halogens is 1. The Kier molecular flexibility index (Phi) is 4.77. The van der Waals surface area contributed by atoms with Gasteiger partial charge < -0.3 is 5.73 Å². The van der Waals surface area contributed by atoms with Crippen LogP contribution in [0.4, 0.5) is 10.1 Å². The quantitative estimate of drug-likeness (QED) is 0.422. The molecule has 5 nitrogen and oxygen atoms in total. The van der Waals surface area contributed by atoms with Gasteiger partial charge in [0.2, 0.25) is 11.8 Å². The van der Waals surface area contributed by atoms with E-state index in [-0.39, 0.29) is 23.3 Å². The average molecular weight is 257 g/mol. The lowest BCUT2D eigenvalue weighted by Gasteiger charge is -2.06. The van der Waals surface area contributed by atoms with Gasteiger partial charge >= 0.3 is 0 Å². The molecule has 1 rings (SSSR count). The zero-order valence-corrected chi connectivity index (χ0v) is 9.94. The number of hydrogen-bond acceptors (Lipinski definition) is 4. The first-order valence-electron chi connectivity index (χ1n) is 4.72. The maximum Gasteiger partial charge on any atom is 0.248 e. The van der Waals surface area contributed by atoms with Crippen LogP contribution in [0.25, 0.3) is 0 Å². The van der Waals surface area contributed by atoms with Crippen molar-refractivity contribution in [2.45, 2.75) is 11.8 Å². The Bertz CT molecular complexity index is 440. The van der Waals surface area contributed by atoms with Crippen molar-refractivity contribution < 1.29 is 14.0 Å². The molecular weight excluding hydrogens is 245 g/mol. The fraction of sp³-hybridized carbons (Fsp3) is 0.200. The maximum atomic E-state index is 12.7. The molecule has 17 heavy (non-hydrogen) atoms. The number of thioether (sulfide) groups is 1. The van der Waals surface area contributed by atoms with Gasteiger partial charge in [-0.2, -0.15) is 0 Å². The van der Waals surface area contributed by atoms with Crippen LogP contribution < -0.4 is 16.6 Å². The lowest BCUT2D eigenvalue weighted by Crippen LogP contribution is -2.41. The fourth-order valence-corrected chi connectivity index (χ4v) is 1.74. The third-order valence-electron chi connectivity index (χ3n) is 1.71. The van der Waals surface area contributed by atoms with Crippen LogP contribution in [0.2, 0.25) is 0 Å². The predicted octanol–water partition coefficient (Wildman–Crippen LogP) is 0.667. The molecule has 0 heterocycles. The highest BCUT2D eigenvalue weighted by atomic mass is 32.2. The van der Waals surface area contributed by atoms with Gasteiger partial charge in [0.1, 0.15) is 5.82 Å². The summed E-state index contributed by atoms with van der Waals surface area (Å²) in [4.78, 5) is 22.4. The zero-order chi connectivity index (χ0) is 12.8. The first-order valence-corrected chi connectivity index (χ1v) is 5.71. The van der Waals surface area contributed by atoms with E-state index in [1.165, 1.54) is 25.1 Å². The summed E-state index contributed by atoms with van der Waals surface area (Å²) in [5, 5.41) is 0. The number of nitrogen functional groups attached to an aromatic ring is 1. The SMILES string of the molecule is CC(=O)NNC(=O)CSc1ccc(F)cc1N. The van der Waals surface area contributed by atoms with E-state index < -0.39 is 5.82 Å². The number of rotatable bonds is 3. The van der Waals surface area contributed by atoms with Crippen molar-refractivity contribution in [1.82, 2.24) is 10.9 Å². The molecule has 0 aliphatic rings. The van der Waals surface area contributed by atoms with Crippen molar-refractivity contribution >= 4 is 29.3 Å². The Morgan fingerprint density at radius 1 is 1.41 bits per heavy atom. The van der Waals surface area contributed by atoms with Crippen molar-refractivity contribution in [3.8, 4) is 0 Å². The molecule has 0 fully saturated rings. The van der Waals surface area contributed by atoms with E-state index in [4.69, 9.17) is 5.73 Å². The third-order valence-corrected chi connectivity index (χ3v) is 2.80. The molecule has 7 heteroatoms. The first kappa shape index (κ1) is 13.3. The molecule has 0 spiro atoms. The Morgan fingerprint density at radius 3 is 2.71 bits per heavy atom. The highest BCUT2D eigenvalue weighted by molar-refractivity contribution is 8.00. The molecule has 0 aromatic heterocycles. The number of hydrazine groups is 1. The summed E-state index contributed by atoms with van der Waals surface area (Å²) in [6.07, 6.45) is 0. The van der Waals surface area contributed by atoms with Crippen LogP contribution in [0, 0.1) is 5.82 Å². The number of carbonyl (C=O) groups excluding carboxylic acids is 2. The molecule has 4 N–H and O–H groups in total. The second-order valence-corrected chi connectivity index (χ2v) is 4.22. The third kappa shape index (κ3) is 4.73. The normalized spacial score (nSPS) is 9.76. The molecule has 0 saturated heterocycles. The number of nitrogens with one attached hydrogen (secondary N) is 2. The number of nitrogens with two attached hydrogens (primary N) is 1. The smallest absolute Gasteiger partial charge is 0.248 e. The number of benzene rings is 1. The van der Waals surface area contributed by atoms with Crippen molar-refractivity contribution in [2.24, 2.45) is 0 Å². The lowest BCUT2D eigenvalue weighted by molar-refractivity contribution is -0.126. The first-order chi connectivity index (χ1) is 7.99. The van der Waals surface area contributed by atoms with Gasteiger partial charge in [-0.3, -0.25) is 20.4 Å². The summed E-state index contributed by atoms with van der Waals surface area (Å²) >= 11 is 1.16. The van der Waals surface area contributed by atoms with Crippen LogP contribution in [-0.2, 0) is 9.59 Å². The van der Waals surface area contributed by atoms with Gasteiger partial charge in [-0.15, -0.1) is 11.8 Å². The Labute approximate surface area is 102 Å². The minimum absolute atomic E-state index is 0.0795. The summed E-state index contributed by atoms with van der Waals surface area (Å²) in [7, 11) is 0. The van der Waals surface area contributed by atoms with Crippen molar-refractivity contribution in [2.75, 3.05) is 11.5 Å². The Morgan fingerprint density at radius 2 is 2.12 bits per heavy atom. The van der Waals surface area contributed by atoms with Crippen LogP contribution in [0.15, 0.2) is 23.1 Å². The Hall–Kier alpha value is -1.76. The summed E-state index contributed by atoms with van der Waals surface area (Å²) in [5.74, 6) is -1.07. The van der Waals surface area contributed by atoms with Crippen LogP contribution >= 0.6 is 11.8 Å². The van der Waals surface area contributed by atoms with E-state index in [1.807, 2.05) is 0 Å². The van der Waals surface area contributed by atoms with Gasteiger partial charge in [-0.25, -0.2) is 4.39 Å². The summed E-state index contributed by atoms with van der Waals surface area (Å²) in [6, 6.07) is 3.96. The molecule has 0 aliphatic carbocycles. The summed E-state index contributed by atoms with van der Waals surface area (Å²) < 4.78 is 12.7. The van der Waals surface area contributed by atoms with Gasteiger partial charge in [0.05, 0.1) is 5.75 Å². The summed E-state index contributed by atoms with van der Waals surface area (Å²) in [5.41, 5.74) is 10.2. The molecule has 1 aromatic rings. The summed E-state index contributed by atoms with van der Waals surface area (Å²) in [6.45, 7) is 1.28. The molecule has 0 unspecified atom stereocenters. The number of anilines is 1. The van der Waals surface area contributed by atoms with Gasteiger partial charge in [-0.1, -0.05) is 0 Å². The molecule has 2 amide bonds. The fourth-order valence-electron chi connectivity index (χ4n) is 0.988. The minimum Gasteiger partial charge on any atom is -0.398 e. The van der Waals surface area contributed by atoms with Crippen molar-refractivity contribution in [3.63, 3.8) is 0 Å². The highest BCUT2D eigenvalue weighted by Crippen LogP contribution is 2.25. The molecule has 0 saturated carbocycles. The van der Waals surface area contributed by atoms with E-state index in [1.54, 1.807) is 0 Å². The van der Waals surface area contributed by atoms with E-state index in [2.05, 4.69) is 10.9 Å². The molecule has 0 atom stereocenters. The van der Waals surface area contributed by atoms with Crippen LogP contribution in [0.3, 0.4) is 0 Å². The minimum atomic E-state index is -0.422.